The molecule has 3 aromatic rings. The van der Waals surface area contributed by atoms with E-state index in [0.717, 1.165) is 5.56 Å². The Bertz CT molecular complexity index is 1010. The third-order valence-corrected chi connectivity index (χ3v) is 6.28. The van der Waals surface area contributed by atoms with Gasteiger partial charge in [0.1, 0.15) is 5.69 Å². The zero-order chi connectivity index (χ0) is 17.8. The summed E-state index contributed by atoms with van der Waals surface area (Å²) in [6.45, 7) is 4.27. The van der Waals surface area contributed by atoms with Crippen LogP contribution in [0.5, 0.6) is 0 Å². The monoisotopic (exact) mass is 376 g/mol. The Hall–Kier alpha value is -2.10. The summed E-state index contributed by atoms with van der Waals surface area (Å²) in [6, 6.07) is 6.67. The number of thiazole rings is 1. The Kier molecular flexibility index (Phi) is 3.57. The van der Waals surface area contributed by atoms with E-state index in [2.05, 4.69) is 29.0 Å². The van der Waals surface area contributed by atoms with Crippen LogP contribution in [0.25, 0.3) is 11.6 Å². The molecule has 2 heterocycles. The highest BCUT2D eigenvalue weighted by molar-refractivity contribution is 7.89. The Labute approximate surface area is 149 Å². The van der Waals surface area contributed by atoms with Crippen LogP contribution < -0.4 is 5.14 Å². The number of sulfonamides is 1. The minimum absolute atomic E-state index is 0.0493. The smallest absolute Gasteiger partial charge is 0.277 e. The highest BCUT2D eigenvalue weighted by Crippen LogP contribution is 2.69. The van der Waals surface area contributed by atoms with Crippen LogP contribution in [0, 0.1) is 5.41 Å². The molecule has 2 N–H and O–H groups in total. The van der Waals surface area contributed by atoms with Crippen molar-refractivity contribution >= 4 is 21.4 Å². The van der Waals surface area contributed by atoms with Crippen molar-refractivity contribution in [3.05, 3.63) is 46.5 Å². The molecule has 1 aliphatic carbocycles. The fraction of sp³-hybridized carbons (Fsp3) is 0.312. The van der Waals surface area contributed by atoms with Crippen LogP contribution in [-0.4, -0.2) is 23.5 Å². The van der Waals surface area contributed by atoms with Gasteiger partial charge < -0.3 is 4.52 Å². The van der Waals surface area contributed by atoms with E-state index in [9.17, 15) is 8.42 Å². The van der Waals surface area contributed by atoms with Crippen LogP contribution in [-0.2, 0) is 10.0 Å². The molecule has 1 fully saturated rings. The highest BCUT2D eigenvalue weighted by Gasteiger charge is 2.61. The minimum atomic E-state index is -3.69. The van der Waals surface area contributed by atoms with Crippen LogP contribution in [0.1, 0.15) is 37.1 Å². The lowest BCUT2D eigenvalue weighted by Gasteiger charge is -2.04. The van der Waals surface area contributed by atoms with E-state index in [-0.39, 0.29) is 22.1 Å². The number of aromatic nitrogens is 3. The van der Waals surface area contributed by atoms with E-state index in [4.69, 9.17) is 9.66 Å². The summed E-state index contributed by atoms with van der Waals surface area (Å²) >= 11 is 1.47. The first-order valence-corrected chi connectivity index (χ1v) is 10.1. The molecule has 7 nitrogen and oxygen atoms in total. The van der Waals surface area contributed by atoms with E-state index < -0.39 is 10.0 Å². The Morgan fingerprint density at radius 3 is 2.52 bits per heavy atom. The lowest BCUT2D eigenvalue weighted by atomic mass is 10.0. The largest absolute Gasteiger partial charge is 0.332 e. The van der Waals surface area contributed by atoms with Crippen molar-refractivity contribution in [2.45, 2.75) is 30.6 Å². The van der Waals surface area contributed by atoms with Gasteiger partial charge in [-0.05, 0) is 23.1 Å². The van der Waals surface area contributed by atoms with E-state index in [1.807, 2.05) is 5.38 Å². The van der Waals surface area contributed by atoms with Crippen LogP contribution >= 0.6 is 11.3 Å². The van der Waals surface area contributed by atoms with E-state index in [0.29, 0.717) is 17.4 Å². The predicted molar refractivity (Wildman–Crippen MR) is 92.5 cm³/mol. The fourth-order valence-electron chi connectivity index (χ4n) is 3.39. The van der Waals surface area contributed by atoms with Gasteiger partial charge in [0, 0.05) is 17.2 Å². The van der Waals surface area contributed by atoms with Gasteiger partial charge in [-0.2, -0.15) is 4.98 Å². The molecule has 25 heavy (non-hydrogen) atoms. The lowest BCUT2D eigenvalue weighted by molar-refractivity contribution is 0.418. The maximum absolute atomic E-state index is 11.4. The molecule has 130 valence electrons. The van der Waals surface area contributed by atoms with Crippen molar-refractivity contribution < 1.29 is 12.9 Å². The van der Waals surface area contributed by atoms with Crippen molar-refractivity contribution in [2.24, 2.45) is 10.6 Å². The summed E-state index contributed by atoms with van der Waals surface area (Å²) in [6.07, 6.45) is 0. The standard InChI is InChI=1S/C16H16N4O3S2/c1-16(2)12(9-3-5-10(6-4-9)25(17,21)22)13(16)14-19-15(23-20-14)11-7-24-8-18-11/h3-8,12-13H,1-2H3,(H2,17,21,22)/t12-,13+/m0/s1. The van der Waals surface area contributed by atoms with Crippen molar-refractivity contribution in [2.75, 3.05) is 0 Å². The molecule has 2 atom stereocenters. The first-order chi connectivity index (χ1) is 11.8. The zero-order valence-electron chi connectivity index (χ0n) is 13.6. The van der Waals surface area contributed by atoms with Gasteiger partial charge in [-0.3, -0.25) is 0 Å². The molecule has 0 amide bonds. The highest BCUT2D eigenvalue weighted by atomic mass is 32.2. The Balaban J connectivity index is 1.62. The maximum atomic E-state index is 11.4. The van der Waals surface area contributed by atoms with Crippen molar-refractivity contribution in [3.63, 3.8) is 0 Å². The number of nitrogens with two attached hydrogens (primary N) is 1. The third kappa shape index (κ3) is 2.78. The summed E-state index contributed by atoms with van der Waals surface area (Å²) < 4.78 is 28.1. The molecular weight excluding hydrogens is 360 g/mol. The van der Waals surface area contributed by atoms with Crippen molar-refractivity contribution in [3.8, 4) is 11.6 Å². The average molecular weight is 376 g/mol. The molecule has 1 aliphatic rings. The lowest BCUT2D eigenvalue weighted by Crippen LogP contribution is -2.11. The molecule has 0 bridgehead atoms. The molecule has 0 radical (unpaired) electrons. The molecule has 1 saturated carbocycles. The van der Waals surface area contributed by atoms with Gasteiger partial charge in [0.15, 0.2) is 5.82 Å². The number of rotatable bonds is 4. The maximum Gasteiger partial charge on any atom is 0.277 e. The second kappa shape index (κ2) is 5.45. The first kappa shape index (κ1) is 16.4. The zero-order valence-corrected chi connectivity index (χ0v) is 15.2. The van der Waals surface area contributed by atoms with Gasteiger partial charge in [-0.1, -0.05) is 31.1 Å². The van der Waals surface area contributed by atoms with Gasteiger partial charge >= 0.3 is 0 Å². The van der Waals surface area contributed by atoms with Crippen LogP contribution in [0.4, 0.5) is 0 Å². The van der Waals surface area contributed by atoms with E-state index in [1.165, 1.54) is 23.5 Å². The summed E-state index contributed by atoms with van der Waals surface area (Å²) in [5.74, 6) is 1.35. The predicted octanol–water partition coefficient (Wildman–Crippen LogP) is 2.75. The summed E-state index contributed by atoms with van der Waals surface area (Å²) in [4.78, 5) is 8.78. The normalized spacial score (nSPS) is 22.0. The average Bonchev–Trinajstić information content (AvgIpc) is 3.03. The topological polar surface area (TPSA) is 112 Å². The molecule has 0 unspecified atom stereocenters. The first-order valence-electron chi connectivity index (χ1n) is 7.63. The number of hydrogen-bond acceptors (Lipinski definition) is 7. The number of primary sulfonamides is 1. The molecule has 9 heteroatoms. The van der Waals surface area contributed by atoms with Crippen LogP contribution in [0.3, 0.4) is 0 Å². The van der Waals surface area contributed by atoms with Crippen LogP contribution in [0.15, 0.2) is 44.6 Å². The summed E-state index contributed by atoms with van der Waals surface area (Å²) in [5.41, 5.74) is 3.38. The molecule has 0 saturated heterocycles. The Morgan fingerprint density at radius 1 is 1.20 bits per heavy atom. The van der Waals surface area contributed by atoms with Gasteiger partial charge in [-0.15, -0.1) is 11.3 Å². The van der Waals surface area contributed by atoms with Gasteiger partial charge in [0.2, 0.25) is 10.0 Å². The van der Waals surface area contributed by atoms with Gasteiger partial charge in [0.25, 0.3) is 5.89 Å². The SMILES string of the molecule is CC1(C)[C@@H](c2ccc(S(N)(=O)=O)cc2)[C@@H]1c1noc(-c2cscn2)n1. The minimum Gasteiger partial charge on any atom is -0.332 e. The summed E-state index contributed by atoms with van der Waals surface area (Å²) in [5, 5.41) is 11.1. The van der Waals surface area contributed by atoms with Gasteiger partial charge in [0.05, 0.1) is 10.4 Å². The molecule has 0 aliphatic heterocycles. The second-order valence-corrected chi connectivity index (χ2v) is 9.00. The van der Waals surface area contributed by atoms with Crippen molar-refractivity contribution in [1.29, 1.82) is 0 Å². The van der Waals surface area contributed by atoms with E-state index in [1.54, 1.807) is 17.6 Å². The number of hydrogen-bond donors (Lipinski definition) is 1. The molecule has 0 spiro atoms. The fourth-order valence-corrected chi connectivity index (χ4v) is 4.43. The summed E-state index contributed by atoms with van der Waals surface area (Å²) in [7, 11) is -3.69. The third-order valence-electron chi connectivity index (χ3n) is 4.77. The quantitative estimate of drug-likeness (QED) is 0.749. The van der Waals surface area contributed by atoms with Crippen molar-refractivity contribution in [1.82, 2.24) is 15.1 Å². The molecule has 2 aromatic heterocycles. The molecular formula is C16H16N4O3S2. The molecule has 4 rings (SSSR count). The number of benzene rings is 1. The van der Waals surface area contributed by atoms with E-state index >= 15 is 0 Å². The second-order valence-electron chi connectivity index (χ2n) is 6.72. The van der Waals surface area contributed by atoms with Crippen LogP contribution in [0.2, 0.25) is 0 Å². The van der Waals surface area contributed by atoms with Gasteiger partial charge in [-0.25, -0.2) is 18.5 Å². The number of nitrogens with zero attached hydrogens (tertiary/aromatic N) is 3. The Morgan fingerprint density at radius 2 is 1.92 bits per heavy atom. The molecule has 1 aromatic carbocycles.